The van der Waals surface area contributed by atoms with Crippen molar-refractivity contribution in [2.75, 3.05) is 12.9 Å². The lowest BCUT2D eigenvalue weighted by Crippen LogP contribution is -2.18. The Morgan fingerprint density at radius 3 is 2.79 bits per heavy atom. The van der Waals surface area contributed by atoms with Gasteiger partial charge in [0.25, 0.3) is 0 Å². The molecular weight excluding hydrogens is 204 g/mol. The maximum atomic E-state index is 10.7. The molecule has 0 atom stereocenters. The monoisotopic (exact) mass is 216 g/mol. The van der Waals surface area contributed by atoms with E-state index in [2.05, 4.69) is 4.98 Å². The van der Waals surface area contributed by atoms with Gasteiger partial charge >= 0.3 is 0 Å². The van der Waals surface area contributed by atoms with Gasteiger partial charge in [-0.2, -0.15) is 0 Å². The highest BCUT2D eigenvalue weighted by Crippen LogP contribution is 2.07. The quantitative estimate of drug-likeness (QED) is 0.763. The van der Waals surface area contributed by atoms with Crippen LogP contribution in [0.3, 0.4) is 0 Å². The van der Waals surface area contributed by atoms with E-state index in [0.29, 0.717) is 18.0 Å². The van der Waals surface area contributed by atoms with Crippen LogP contribution in [0, 0.1) is 0 Å². The first kappa shape index (κ1) is 10.9. The zero-order chi connectivity index (χ0) is 10.6. The third-order valence-corrected chi connectivity index (χ3v) is 2.41. The highest BCUT2D eigenvalue weighted by atomic mass is 32.2. The number of pyridine rings is 1. The summed E-state index contributed by atoms with van der Waals surface area (Å²) in [5.41, 5.74) is 0.651. The Morgan fingerprint density at radius 2 is 2.21 bits per heavy atom. The Labute approximate surface area is 83.0 Å². The number of methoxy groups -OCH3 is 1. The largest absolute Gasteiger partial charge is 0.481 e. The van der Waals surface area contributed by atoms with Gasteiger partial charge in [-0.1, -0.05) is 6.07 Å². The van der Waals surface area contributed by atoms with Crippen molar-refractivity contribution >= 4 is 10.0 Å². The summed E-state index contributed by atoms with van der Waals surface area (Å²) in [5, 5.41) is 4.87. The van der Waals surface area contributed by atoms with E-state index in [1.807, 2.05) is 0 Å². The van der Waals surface area contributed by atoms with Gasteiger partial charge in [0, 0.05) is 18.2 Å². The summed E-state index contributed by atoms with van der Waals surface area (Å²) in [5.74, 6) is 0.365. The molecule has 0 aliphatic carbocycles. The molecule has 1 rings (SSSR count). The van der Waals surface area contributed by atoms with Gasteiger partial charge in [0.1, 0.15) is 0 Å². The summed E-state index contributed by atoms with van der Waals surface area (Å²) in [7, 11) is -1.92. The minimum Gasteiger partial charge on any atom is -0.481 e. The Morgan fingerprint density at radius 1 is 1.50 bits per heavy atom. The van der Waals surface area contributed by atoms with Gasteiger partial charge in [0.05, 0.1) is 12.9 Å². The first-order chi connectivity index (χ1) is 6.51. The van der Waals surface area contributed by atoms with Gasteiger partial charge in [-0.15, -0.1) is 0 Å². The number of nitrogens with two attached hydrogens (primary N) is 1. The van der Waals surface area contributed by atoms with Gasteiger partial charge in [-0.25, -0.2) is 18.5 Å². The van der Waals surface area contributed by atoms with Crippen LogP contribution >= 0.6 is 0 Å². The fourth-order valence-corrected chi connectivity index (χ4v) is 1.45. The topological polar surface area (TPSA) is 82.3 Å². The number of aromatic nitrogens is 1. The number of sulfonamides is 1. The van der Waals surface area contributed by atoms with E-state index >= 15 is 0 Å². The predicted molar refractivity (Wildman–Crippen MR) is 52.5 cm³/mol. The SMILES string of the molecule is COc1cccc(CCS(N)(=O)=O)n1. The molecule has 0 radical (unpaired) electrons. The van der Waals surface area contributed by atoms with E-state index in [9.17, 15) is 8.42 Å². The second-order valence-corrected chi connectivity index (χ2v) is 4.52. The third kappa shape index (κ3) is 3.71. The van der Waals surface area contributed by atoms with Crippen LogP contribution in [0.2, 0.25) is 0 Å². The summed E-state index contributed by atoms with van der Waals surface area (Å²) in [6.07, 6.45) is 0.302. The van der Waals surface area contributed by atoms with Gasteiger partial charge in [-0.05, 0) is 6.07 Å². The molecule has 0 aromatic carbocycles. The molecule has 6 heteroatoms. The molecule has 1 aromatic heterocycles. The molecular formula is C8H12N2O3S. The van der Waals surface area contributed by atoms with Crippen LogP contribution in [0.15, 0.2) is 18.2 Å². The van der Waals surface area contributed by atoms with Crippen molar-refractivity contribution in [2.45, 2.75) is 6.42 Å². The third-order valence-electron chi connectivity index (χ3n) is 1.63. The maximum absolute atomic E-state index is 10.7. The molecule has 1 heterocycles. The lowest BCUT2D eigenvalue weighted by atomic mass is 10.3. The highest BCUT2D eigenvalue weighted by molar-refractivity contribution is 7.89. The molecule has 0 aliphatic heterocycles. The van der Waals surface area contributed by atoms with Crippen molar-refractivity contribution < 1.29 is 13.2 Å². The van der Waals surface area contributed by atoms with E-state index in [1.54, 1.807) is 18.2 Å². The van der Waals surface area contributed by atoms with Crippen molar-refractivity contribution in [3.05, 3.63) is 23.9 Å². The number of ether oxygens (including phenoxy) is 1. The first-order valence-corrected chi connectivity index (χ1v) is 5.73. The Balaban J connectivity index is 2.68. The molecule has 0 spiro atoms. The van der Waals surface area contributed by atoms with Gasteiger partial charge in [-0.3, -0.25) is 0 Å². The standard InChI is InChI=1S/C8H12N2O3S/c1-13-8-4-2-3-7(10-8)5-6-14(9,11)12/h2-4H,5-6H2,1H3,(H2,9,11,12). The molecule has 0 bridgehead atoms. The van der Waals surface area contributed by atoms with Crippen LogP contribution in [-0.2, 0) is 16.4 Å². The van der Waals surface area contributed by atoms with Gasteiger partial charge in [0.15, 0.2) is 0 Å². The number of rotatable bonds is 4. The molecule has 0 amide bonds. The number of hydrogen-bond acceptors (Lipinski definition) is 4. The lowest BCUT2D eigenvalue weighted by Gasteiger charge is -2.02. The molecule has 2 N–H and O–H groups in total. The van der Waals surface area contributed by atoms with Crippen LogP contribution in [0.1, 0.15) is 5.69 Å². The van der Waals surface area contributed by atoms with Crippen LogP contribution in [0.4, 0.5) is 0 Å². The van der Waals surface area contributed by atoms with E-state index in [0.717, 1.165) is 0 Å². The fourth-order valence-electron chi connectivity index (χ4n) is 0.957. The molecule has 0 saturated heterocycles. The first-order valence-electron chi connectivity index (χ1n) is 4.01. The minimum atomic E-state index is -3.42. The Kier molecular flexibility index (Phi) is 3.43. The van der Waals surface area contributed by atoms with Crippen LogP contribution in [0.25, 0.3) is 0 Å². The zero-order valence-electron chi connectivity index (χ0n) is 7.80. The average molecular weight is 216 g/mol. The smallest absolute Gasteiger partial charge is 0.213 e. The average Bonchev–Trinajstić information content (AvgIpc) is 2.14. The minimum absolute atomic E-state index is 0.104. The number of nitrogens with zero attached hydrogens (tertiary/aromatic N) is 1. The summed E-state index contributed by atoms with van der Waals surface area (Å²) in [6, 6.07) is 5.18. The Bertz CT molecular complexity index is 403. The van der Waals surface area contributed by atoms with Crippen LogP contribution < -0.4 is 9.88 Å². The second-order valence-electron chi connectivity index (χ2n) is 2.79. The van der Waals surface area contributed by atoms with Gasteiger partial charge in [0.2, 0.25) is 15.9 Å². The molecule has 5 nitrogen and oxygen atoms in total. The number of primary sulfonamides is 1. The number of hydrogen-bond donors (Lipinski definition) is 1. The normalized spacial score (nSPS) is 11.3. The summed E-state index contributed by atoms with van der Waals surface area (Å²) >= 11 is 0. The molecule has 1 aromatic rings. The van der Waals surface area contributed by atoms with Crippen LogP contribution in [0.5, 0.6) is 5.88 Å². The summed E-state index contributed by atoms with van der Waals surface area (Å²) in [6.45, 7) is 0. The van der Waals surface area contributed by atoms with Crippen molar-refractivity contribution in [3.8, 4) is 5.88 Å². The molecule has 78 valence electrons. The molecule has 0 unspecified atom stereocenters. The van der Waals surface area contributed by atoms with Crippen molar-refractivity contribution in [3.63, 3.8) is 0 Å². The van der Waals surface area contributed by atoms with Crippen molar-refractivity contribution in [1.29, 1.82) is 0 Å². The highest BCUT2D eigenvalue weighted by Gasteiger charge is 2.04. The van der Waals surface area contributed by atoms with Crippen LogP contribution in [-0.4, -0.2) is 26.3 Å². The molecule has 14 heavy (non-hydrogen) atoms. The fraction of sp³-hybridized carbons (Fsp3) is 0.375. The Hall–Kier alpha value is -1.14. The predicted octanol–water partition coefficient (Wildman–Crippen LogP) is -0.0788. The zero-order valence-corrected chi connectivity index (χ0v) is 8.62. The maximum Gasteiger partial charge on any atom is 0.213 e. The van der Waals surface area contributed by atoms with E-state index < -0.39 is 10.0 Å². The van der Waals surface area contributed by atoms with E-state index in [1.165, 1.54) is 7.11 Å². The van der Waals surface area contributed by atoms with Crippen molar-refractivity contribution in [2.24, 2.45) is 5.14 Å². The van der Waals surface area contributed by atoms with E-state index in [-0.39, 0.29) is 5.75 Å². The van der Waals surface area contributed by atoms with E-state index in [4.69, 9.17) is 9.88 Å². The van der Waals surface area contributed by atoms with Gasteiger partial charge < -0.3 is 4.74 Å². The second kappa shape index (κ2) is 4.39. The molecule has 0 saturated carbocycles. The summed E-state index contributed by atoms with van der Waals surface area (Å²) < 4.78 is 26.3. The lowest BCUT2D eigenvalue weighted by molar-refractivity contribution is 0.396. The molecule has 0 fully saturated rings. The molecule has 0 aliphatic rings. The van der Waals surface area contributed by atoms with Crippen molar-refractivity contribution in [1.82, 2.24) is 4.98 Å². The summed E-state index contributed by atoms with van der Waals surface area (Å²) in [4.78, 5) is 4.05. The number of aryl methyl sites for hydroxylation is 1.